The van der Waals surface area contributed by atoms with E-state index in [0.29, 0.717) is 43.5 Å². The number of aromatic hydroxyl groups is 1. The highest BCUT2D eigenvalue weighted by Crippen LogP contribution is 2.46. The van der Waals surface area contributed by atoms with E-state index in [4.69, 9.17) is 33.2 Å². The van der Waals surface area contributed by atoms with E-state index in [9.17, 15) is 5.11 Å². The largest absolute Gasteiger partial charge is 0.508 e. The zero-order chi connectivity index (χ0) is 34.5. The predicted octanol–water partition coefficient (Wildman–Crippen LogP) is 7.82. The smallest absolute Gasteiger partial charge is 0.132 e. The summed E-state index contributed by atoms with van der Waals surface area (Å²) < 4.78 is 45.5. The Morgan fingerprint density at radius 1 is 0.520 bits per heavy atom. The summed E-state index contributed by atoms with van der Waals surface area (Å²) in [7, 11) is 3.10. The number of methoxy groups -OCH3 is 2. The van der Waals surface area contributed by atoms with E-state index >= 15 is 0 Å². The lowest BCUT2D eigenvalue weighted by atomic mass is 9.89. The molecular weight excluding hydrogens is 632 g/mol. The maximum atomic E-state index is 10.6. The van der Waals surface area contributed by atoms with Crippen molar-refractivity contribution in [1.82, 2.24) is 0 Å². The first-order chi connectivity index (χ1) is 24.6. The molecule has 1 aliphatic heterocycles. The van der Waals surface area contributed by atoms with Crippen LogP contribution in [0.4, 0.5) is 0 Å². The van der Waals surface area contributed by atoms with Crippen LogP contribution in [0.15, 0.2) is 133 Å². The van der Waals surface area contributed by atoms with Gasteiger partial charge in [0.1, 0.15) is 47.8 Å². The number of rotatable bonds is 16. The predicted molar refractivity (Wildman–Crippen MR) is 190 cm³/mol. The molecule has 3 unspecified atom stereocenters. The van der Waals surface area contributed by atoms with E-state index in [1.807, 2.05) is 121 Å². The minimum atomic E-state index is -0.758. The molecule has 1 saturated heterocycles. The molecule has 8 nitrogen and oxygen atoms in total. The quantitative estimate of drug-likeness (QED) is 0.113. The second-order valence-corrected chi connectivity index (χ2v) is 12.1. The Morgan fingerprint density at radius 2 is 0.920 bits per heavy atom. The Hall–Kier alpha value is -4.70. The summed E-state index contributed by atoms with van der Waals surface area (Å²) in [6.07, 6.45) is -3.27. The van der Waals surface area contributed by atoms with E-state index in [0.717, 1.165) is 22.3 Å². The van der Waals surface area contributed by atoms with Crippen LogP contribution in [0.2, 0.25) is 0 Å². The number of hydrogen-bond acceptors (Lipinski definition) is 8. The first kappa shape index (κ1) is 35.1. The molecule has 0 amide bonds. The summed E-state index contributed by atoms with van der Waals surface area (Å²) in [4.78, 5) is 0. The van der Waals surface area contributed by atoms with Crippen LogP contribution in [-0.2, 0) is 50.1 Å². The van der Waals surface area contributed by atoms with E-state index < -0.39 is 30.5 Å². The summed E-state index contributed by atoms with van der Waals surface area (Å²) in [5.74, 6) is 0.799. The van der Waals surface area contributed by atoms with Crippen LogP contribution in [0.1, 0.15) is 33.9 Å². The number of phenolic OH excluding ortho intramolecular Hbond substituents is 1. The lowest BCUT2D eigenvalue weighted by Gasteiger charge is -2.46. The monoisotopic (exact) mass is 676 g/mol. The normalized spacial score (nSPS) is 20.3. The summed E-state index contributed by atoms with van der Waals surface area (Å²) >= 11 is 0. The van der Waals surface area contributed by atoms with Gasteiger partial charge in [-0.05, 0) is 22.3 Å². The highest BCUT2D eigenvalue weighted by molar-refractivity contribution is 5.52. The average molecular weight is 677 g/mol. The molecule has 0 aliphatic carbocycles. The van der Waals surface area contributed by atoms with Crippen molar-refractivity contribution in [2.75, 3.05) is 20.8 Å². The molecule has 0 radical (unpaired) electrons. The van der Waals surface area contributed by atoms with Gasteiger partial charge in [0.2, 0.25) is 0 Å². The fourth-order valence-electron chi connectivity index (χ4n) is 6.23. The molecule has 6 rings (SSSR count). The lowest BCUT2D eigenvalue weighted by molar-refractivity contribution is -0.275. The Morgan fingerprint density at radius 3 is 1.36 bits per heavy atom. The standard InChI is InChI=1S/C42H44O8/c1-44-35-23-34(43)24-36(45-2)38(35)40-42(49-28-33-21-13-6-14-22-33)41(48-27-32-19-11-5-12-20-32)39(47-26-31-17-9-4-10-18-31)37(50-40)29-46-25-30-15-7-3-8-16-30/h3-24,37,39-43H,25-29H2,1-2H3/t37?,39-,40+,41?,42?/m1/s1. The van der Waals surface area contributed by atoms with Crippen LogP contribution < -0.4 is 9.47 Å². The molecule has 5 atom stereocenters. The van der Waals surface area contributed by atoms with Gasteiger partial charge in [0.25, 0.3) is 0 Å². The van der Waals surface area contributed by atoms with Gasteiger partial charge < -0.3 is 38.3 Å². The van der Waals surface area contributed by atoms with Crippen molar-refractivity contribution in [2.24, 2.45) is 0 Å². The summed E-state index contributed by atoms with van der Waals surface area (Å²) in [5.41, 5.74) is 4.66. The topological polar surface area (TPSA) is 84.8 Å². The molecule has 260 valence electrons. The van der Waals surface area contributed by atoms with Crippen molar-refractivity contribution in [1.29, 1.82) is 0 Å². The highest BCUT2D eigenvalue weighted by Gasteiger charge is 2.50. The molecule has 0 spiro atoms. The fraction of sp³-hybridized carbons (Fsp3) is 0.286. The van der Waals surface area contributed by atoms with Crippen LogP contribution in [0.5, 0.6) is 17.2 Å². The third-order valence-electron chi connectivity index (χ3n) is 8.70. The first-order valence-electron chi connectivity index (χ1n) is 16.8. The minimum absolute atomic E-state index is 0.00343. The first-order valence-corrected chi connectivity index (χ1v) is 16.8. The second kappa shape index (κ2) is 17.8. The number of ether oxygens (including phenoxy) is 7. The zero-order valence-corrected chi connectivity index (χ0v) is 28.4. The minimum Gasteiger partial charge on any atom is -0.508 e. The van der Waals surface area contributed by atoms with Gasteiger partial charge in [-0.1, -0.05) is 121 Å². The van der Waals surface area contributed by atoms with Gasteiger partial charge in [-0.25, -0.2) is 0 Å². The molecule has 0 saturated carbocycles. The van der Waals surface area contributed by atoms with Gasteiger partial charge in [-0.15, -0.1) is 0 Å². The zero-order valence-electron chi connectivity index (χ0n) is 28.4. The SMILES string of the molecule is COc1cc(O)cc(OC)c1[C@@H]1OC(COCc2ccccc2)[C@@H](OCc2ccccc2)C(OCc2ccccc2)C1OCc1ccccc1. The van der Waals surface area contributed by atoms with Gasteiger partial charge in [-0.2, -0.15) is 0 Å². The number of hydrogen-bond donors (Lipinski definition) is 1. The molecule has 8 heteroatoms. The Balaban J connectivity index is 1.41. The summed E-state index contributed by atoms with van der Waals surface area (Å²) in [6.45, 7) is 1.54. The van der Waals surface area contributed by atoms with Gasteiger partial charge in [-0.3, -0.25) is 0 Å². The fourth-order valence-corrected chi connectivity index (χ4v) is 6.23. The lowest BCUT2D eigenvalue weighted by Crippen LogP contribution is -2.58. The molecule has 0 bridgehead atoms. The van der Waals surface area contributed by atoms with Crippen molar-refractivity contribution in [3.63, 3.8) is 0 Å². The Labute approximate surface area is 294 Å². The van der Waals surface area contributed by atoms with Crippen molar-refractivity contribution in [3.05, 3.63) is 161 Å². The van der Waals surface area contributed by atoms with Crippen LogP contribution in [0, 0.1) is 0 Å². The van der Waals surface area contributed by atoms with Crippen LogP contribution in [-0.4, -0.2) is 50.3 Å². The molecule has 5 aromatic rings. The van der Waals surface area contributed by atoms with E-state index in [-0.39, 0.29) is 12.4 Å². The number of benzene rings is 5. The summed E-state index contributed by atoms with van der Waals surface area (Å²) in [6, 6.07) is 43.1. The summed E-state index contributed by atoms with van der Waals surface area (Å²) in [5, 5.41) is 10.6. The molecule has 1 fully saturated rings. The van der Waals surface area contributed by atoms with Gasteiger partial charge in [0, 0.05) is 12.1 Å². The van der Waals surface area contributed by atoms with Gasteiger partial charge in [0.05, 0.1) is 52.8 Å². The number of phenols is 1. The Kier molecular flexibility index (Phi) is 12.5. The molecule has 1 N–H and O–H groups in total. The van der Waals surface area contributed by atoms with Crippen molar-refractivity contribution >= 4 is 0 Å². The van der Waals surface area contributed by atoms with Crippen molar-refractivity contribution < 1.29 is 38.3 Å². The van der Waals surface area contributed by atoms with E-state index in [2.05, 4.69) is 0 Å². The van der Waals surface area contributed by atoms with Crippen LogP contribution in [0.25, 0.3) is 0 Å². The highest BCUT2D eigenvalue weighted by atomic mass is 16.6. The van der Waals surface area contributed by atoms with Crippen molar-refractivity contribution in [2.45, 2.75) is 56.9 Å². The molecule has 1 aliphatic rings. The van der Waals surface area contributed by atoms with Crippen molar-refractivity contribution in [3.8, 4) is 17.2 Å². The average Bonchev–Trinajstić information content (AvgIpc) is 3.17. The third-order valence-corrected chi connectivity index (χ3v) is 8.70. The van der Waals surface area contributed by atoms with Crippen LogP contribution in [0.3, 0.4) is 0 Å². The van der Waals surface area contributed by atoms with Gasteiger partial charge >= 0.3 is 0 Å². The van der Waals surface area contributed by atoms with Gasteiger partial charge in [0.15, 0.2) is 0 Å². The van der Waals surface area contributed by atoms with Crippen LogP contribution >= 0.6 is 0 Å². The molecule has 1 heterocycles. The second-order valence-electron chi connectivity index (χ2n) is 12.1. The molecular formula is C42H44O8. The Bertz CT molecular complexity index is 1690. The van der Waals surface area contributed by atoms with E-state index in [1.165, 1.54) is 0 Å². The maximum absolute atomic E-state index is 10.6. The molecule has 5 aromatic carbocycles. The maximum Gasteiger partial charge on any atom is 0.132 e. The third kappa shape index (κ3) is 9.09. The van der Waals surface area contributed by atoms with E-state index in [1.54, 1.807) is 26.4 Å². The molecule has 0 aromatic heterocycles. The molecule has 50 heavy (non-hydrogen) atoms.